The molecular formula is C34H47NO8. The molecule has 9 nitrogen and oxygen atoms in total. The second kappa shape index (κ2) is 11.0. The summed E-state index contributed by atoms with van der Waals surface area (Å²) in [6, 6.07) is 1.92. The SMILES string of the molecule is CC(=O)[C@]1(O)CC[C@@]2(O)[C@]1(C)[C@H](OC(=O)/C=C(\C)C(C)C)CC1[C@@]3(C)CC[C@H](OC(=O)C(C#N)=C(C)C)CC3=CC[C@]12O. The first-order chi connectivity index (χ1) is 19.8. The molecule has 236 valence electrons. The van der Waals surface area contributed by atoms with Crippen LogP contribution in [0, 0.1) is 34.0 Å². The van der Waals surface area contributed by atoms with Gasteiger partial charge >= 0.3 is 11.9 Å². The predicted molar refractivity (Wildman–Crippen MR) is 158 cm³/mol. The van der Waals surface area contributed by atoms with E-state index in [-0.39, 0.29) is 37.2 Å². The molecule has 4 rings (SSSR count). The van der Waals surface area contributed by atoms with Gasteiger partial charge in [-0.05, 0) is 84.5 Å². The van der Waals surface area contributed by atoms with Crippen LogP contribution in [0.5, 0.6) is 0 Å². The number of allylic oxidation sites excluding steroid dienone is 2. The van der Waals surface area contributed by atoms with Crippen molar-refractivity contribution in [1.82, 2.24) is 0 Å². The van der Waals surface area contributed by atoms with Crippen molar-refractivity contribution in [2.24, 2.45) is 22.7 Å². The van der Waals surface area contributed by atoms with Gasteiger partial charge in [0, 0.05) is 18.4 Å². The number of ether oxygens (including phenoxy) is 2. The molecule has 3 fully saturated rings. The third kappa shape index (κ3) is 4.72. The fraction of sp³-hybridized carbons (Fsp3) is 0.706. The van der Waals surface area contributed by atoms with Crippen molar-refractivity contribution in [3.05, 3.63) is 34.4 Å². The van der Waals surface area contributed by atoms with Crippen molar-refractivity contribution in [1.29, 1.82) is 5.26 Å². The molecule has 4 aliphatic carbocycles. The highest BCUT2D eigenvalue weighted by molar-refractivity contribution is 5.93. The van der Waals surface area contributed by atoms with Crippen LogP contribution in [-0.4, -0.2) is 62.1 Å². The van der Waals surface area contributed by atoms with E-state index in [4.69, 9.17) is 9.47 Å². The van der Waals surface area contributed by atoms with Gasteiger partial charge in [0.2, 0.25) is 0 Å². The second-order valence-electron chi connectivity index (χ2n) is 14.3. The van der Waals surface area contributed by atoms with Gasteiger partial charge in [0.25, 0.3) is 0 Å². The Balaban J connectivity index is 1.75. The molecule has 43 heavy (non-hydrogen) atoms. The van der Waals surface area contributed by atoms with Crippen molar-refractivity contribution < 1.29 is 39.2 Å². The number of fused-ring (bicyclic) bond motifs is 5. The van der Waals surface area contributed by atoms with Crippen molar-refractivity contribution in [2.75, 3.05) is 0 Å². The van der Waals surface area contributed by atoms with E-state index < -0.39 is 63.5 Å². The topological polar surface area (TPSA) is 154 Å². The smallest absolute Gasteiger partial charge is 0.349 e. The van der Waals surface area contributed by atoms with E-state index in [1.165, 1.54) is 13.0 Å². The molecule has 0 bridgehead atoms. The molecule has 0 radical (unpaired) electrons. The number of carbonyl (C=O) groups is 3. The van der Waals surface area contributed by atoms with Gasteiger partial charge in [0.1, 0.15) is 40.7 Å². The molecule has 0 amide bonds. The van der Waals surface area contributed by atoms with Gasteiger partial charge in [0.05, 0.1) is 5.41 Å². The molecule has 0 heterocycles. The highest BCUT2D eigenvalue weighted by Gasteiger charge is 2.81. The Labute approximate surface area is 254 Å². The summed E-state index contributed by atoms with van der Waals surface area (Å²) in [6.07, 6.45) is 3.25. The van der Waals surface area contributed by atoms with Crippen molar-refractivity contribution in [2.45, 2.75) is 129 Å². The molecular weight excluding hydrogens is 550 g/mol. The third-order valence-corrected chi connectivity index (χ3v) is 11.7. The van der Waals surface area contributed by atoms with Crippen molar-refractivity contribution >= 4 is 17.7 Å². The molecule has 3 saturated carbocycles. The number of hydrogen-bond acceptors (Lipinski definition) is 9. The Bertz CT molecular complexity index is 1350. The fourth-order valence-corrected chi connectivity index (χ4v) is 8.56. The summed E-state index contributed by atoms with van der Waals surface area (Å²) >= 11 is 0. The number of carbonyl (C=O) groups excluding carboxylic acids is 3. The fourth-order valence-electron chi connectivity index (χ4n) is 8.56. The number of hydrogen-bond donors (Lipinski definition) is 3. The lowest BCUT2D eigenvalue weighted by atomic mass is 9.42. The molecule has 0 aromatic heterocycles. The Morgan fingerprint density at radius 3 is 2.26 bits per heavy atom. The molecule has 3 N–H and O–H groups in total. The molecule has 1 unspecified atom stereocenters. The van der Waals surface area contributed by atoms with E-state index >= 15 is 0 Å². The van der Waals surface area contributed by atoms with Crippen molar-refractivity contribution in [3.8, 4) is 6.07 Å². The van der Waals surface area contributed by atoms with E-state index in [2.05, 4.69) is 0 Å². The zero-order valence-corrected chi connectivity index (χ0v) is 26.7. The molecule has 9 heteroatoms. The minimum absolute atomic E-state index is 0.0141. The number of esters is 2. The summed E-state index contributed by atoms with van der Waals surface area (Å²) in [5, 5.41) is 46.4. The Kier molecular flexibility index (Phi) is 8.45. The standard InChI is InChI=1S/C34H47NO8/c1-19(2)21(5)15-28(37)43-27-17-26-30(7)11-10-24(42-29(38)25(18-35)20(3)4)16-23(30)9-12-33(26,40)34(41)14-13-32(39,22(6)36)31(27,34)8/h9,15,19,24,26-27,39-41H,10-14,16-17H2,1-8H3/b21-15+/t24-,26?,27+,30-,31+,32+,33-,34+/m0/s1. The van der Waals surface area contributed by atoms with E-state index in [1.54, 1.807) is 20.8 Å². The minimum Gasteiger partial charge on any atom is -0.458 e. The predicted octanol–water partition coefficient (Wildman–Crippen LogP) is 4.39. The first-order valence-corrected chi connectivity index (χ1v) is 15.4. The molecule has 4 aliphatic rings. The molecule has 0 aromatic carbocycles. The minimum atomic E-state index is -2.01. The first kappa shape index (κ1) is 33.1. The van der Waals surface area contributed by atoms with Crippen LogP contribution in [0.25, 0.3) is 0 Å². The normalized spacial score (nSPS) is 40.3. The largest absolute Gasteiger partial charge is 0.458 e. The maximum absolute atomic E-state index is 13.2. The summed E-state index contributed by atoms with van der Waals surface area (Å²) in [5.41, 5.74) is -5.64. The average molecular weight is 598 g/mol. The van der Waals surface area contributed by atoms with Gasteiger partial charge in [-0.15, -0.1) is 0 Å². The third-order valence-electron chi connectivity index (χ3n) is 11.7. The maximum atomic E-state index is 13.2. The number of nitrogens with zero attached hydrogens (tertiary/aromatic N) is 1. The van der Waals surface area contributed by atoms with Gasteiger partial charge in [-0.1, -0.05) is 43.6 Å². The number of rotatable bonds is 6. The van der Waals surface area contributed by atoms with Gasteiger partial charge in [-0.25, -0.2) is 9.59 Å². The Morgan fingerprint density at radius 2 is 1.70 bits per heavy atom. The summed E-state index contributed by atoms with van der Waals surface area (Å²) in [4.78, 5) is 38.9. The quantitative estimate of drug-likeness (QED) is 0.175. The van der Waals surface area contributed by atoms with E-state index in [0.29, 0.717) is 24.8 Å². The number of aliphatic hydroxyl groups is 3. The van der Waals surface area contributed by atoms with Gasteiger partial charge in [-0.2, -0.15) is 5.26 Å². The second-order valence-corrected chi connectivity index (χ2v) is 14.3. The monoisotopic (exact) mass is 597 g/mol. The van der Waals surface area contributed by atoms with Crippen LogP contribution in [-0.2, 0) is 23.9 Å². The number of ketones is 1. The van der Waals surface area contributed by atoms with Gasteiger partial charge in [-0.3, -0.25) is 4.79 Å². The van der Waals surface area contributed by atoms with Crippen LogP contribution in [0.4, 0.5) is 0 Å². The van der Waals surface area contributed by atoms with Crippen LogP contribution >= 0.6 is 0 Å². The highest BCUT2D eigenvalue weighted by atomic mass is 16.6. The summed E-state index contributed by atoms with van der Waals surface area (Å²) < 4.78 is 11.8. The summed E-state index contributed by atoms with van der Waals surface area (Å²) in [6.45, 7) is 14.0. The maximum Gasteiger partial charge on any atom is 0.349 e. The zero-order valence-electron chi connectivity index (χ0n) is 26.7. The molecule has 0 saturated heterocycles. The highest BCUT2D eigenvalue weighted by Crippen LogP contribution is 2.71. The number of nitriles is 1. The van der Waals surface area contributed by atoms with Crippen LogP contribution in [0.2, 0.25) is 0 Å². The number of Topliss-reactive ketones (excluding diaryl/α,β-unsaturated/α-hetero) is 1. The average Bonchev–Trinajstić information content (AvgIpc) is 3.14. The van der Waals surface area contributed by atoms with E-state index in [9.17, 15) is 35.0 Å². The molecule has 0 aliphatic heterocycles. The molecule has 0 aromatic rings. The van der Waals surface area contributed by atoms with Gasteiger partial charge < -0.3 is 24.8 Å². The lowest BCUT2D eigenvalue weighted by molar-refractivity contribution is -0.314. The Morgan fingerprint density at radius 1 is 1.05 bits per heavy atom. The molecule has 0 spiro atoms. The van der Waals surface area contributed by atoms with Crippen LogP contribution in [0.15, 0.2) is 34.4 Å². The van der Waals surface area contributed by atoms with Gasteiger partial charge in [0.15, 0.2) is 5.78 Å². The van der Waals surface area contributed by atoms with E-state index in [1.807, 2.05) is 39.8 Å². The molecule has 8 atom stereocenters. The van der Waals surface area contributed by atoms with E-state index in [0.717, 1.165) is 11.1 Å². The summed E-state index contributed by atoms with van der Waals surface area (Å²) in [7, 11) is 0. The lowest BCUT2D eigenvalue weighted by Crippen LogP contribution is -2.78. The Hall–Kier alpha value is -2.80. The first-order valence-electron chi connectivity index (χ1n) is 15.4. The van der Waals surface area contributed by atoms with Crippen LogP contribution < -0.4 is 0 Å². The van der Waals surface area contributed by atoms with Crippen LogP contribution in [0.3, 0.4) is 0 Å². The van der Waals surface area contributed by atoms with Crippen molar-refractivity contribution in [3.63, 3.8) is 0 Å². The lowest BCUT2D eigenvalue weighted by Gasteiger charge is -2.67. The summed E-state index contributed by atoms with van der Waals surface area (Å²) in [5.74, 6) is -2.30. The zero-order chi connectivity index (χ0) is 32.3. The van der Waals surface area contributed by atoms with Crippen LogP contribution in [0.1, 0.15) is 100 Å².